The average molecular weight is 127 g/mol. The van der Waals surface area contributed by atoms with E-state index in [1.54, 1.807) is 0 Å². The monoisotopic (exact) mass is 127 g/mol. The Morgan fingerprint density at radius 2 is 2.22 bits per heavy atom. The predicted molar refractivity (Wildman–Crippen MR) is 37.8 cm³/mol. The third-order valence-corrected chi connectivity index (χ3v) is 1.48. The molecule has 0 unspecified atom stereocenters. The molecule has 0 saturated carbocycles. The quantitative estimate of drug-likeness (QED) is 0.484. The van der Waals surface area contributed by atoms with Gasteiger partial charge in [0.25, 0.3) is 0 Å². The summed E-state index contributed by atoms with van der Waals surface area (Å²) in [7, 11) is 0. The smallest absolute Gasteiger partial charge is 0.180 e. The van der Waals surface area contributed by atoms with Crippen LogP contribution in [0.1, 0.15) is 27.2 Å². The Balaban J connectivity index is 2.68. The second-order valence-corrected chi connectivity index (χ2v) is 3.04. The SMILES string of the molecule is CC1=NC(C)(C)CCO1. The van der Waals surface area contributed by atoms with Gasteiger partial charge < -0.3 is 4.74 Å². The van der Waals surface area contributed by atoms with Crippen molar-refractivity contribution in [2.45, 2.75) is 32.7 Å². The van der Waals surface area contributed by atoms with Crippen LogP contribution in [0.25, 0.3) is 0 Å². The molecule has 1 aliphatic heterocycles. The van der Waals surface area contributed by atoms with E-state index in [1.165, 1.54) is 0 Å². The molecule has 1 heterocycles. The summed E-state index contributed by atoms with van der Waals surface area (Å²) in [5.74, 6) is 0.825. The van der Waals surface area contributed by atoms with E-state index >= 15 is 0 Å². The number of nitrogens with zero attached hydrogens (tertiary/aromatic N) is 1. The minimum atomic E-state index is 0.113. The van der Waals surface area contributed by atoms with Crippen molar-refractivity contribution >= 4 is 5.90 Å². The zero-order chi connectivity index (χ0) is 6.91. The Morgan fingerprint density at radius 3 is 2.56 bits per heavy atom. The van der Waals surface area contributed by atoms with Gasteiger partial charge in [-0.2, -0.15) is 0 Å². The van der Waals surface area contributed by atoms with Gasteiger partial charge in [0, 0.05) is 13.3 Å². The van der Waals surface area contributed by atoms with Crippen molar-refractivity contribution in [1.82, 2.24) is 0 Å². The molecule has 0 atom stereocenters. The fourth-order valence-electron chi connectivity index (χ4n) is 0.963. The number of hydrogen-bond acceptors (Lipinski definition) is 2. The number of aliphatic imine (C=N–C) groups is 1. The van der Waals surface area contributed by atoms with E-state index in [0.717, 1.165) is 18.9 Å². The van der Waals surface area contributed by atoms with Gasteiger partial charge in [0.05, 0.1) is 12.1 Å². The predicted octanol–water partition coefficient (Wildman–Crippen LogP) is 1.60. The normalized spacial score (nSPS) is 24.6. The van der Waals surface area contributed by atoms with Gasteiger partial charge in [-0.3, -0.25) is 0 Å². The molecule has 9 heavy (non-hydrogen) atoms. The highest BCUT2D eigenvalue weighted by atomic mass is 16.5. The topological polar surface area (TPSA) is 21.6 Å². The third kappa shape index (κ3) is 1.70. The average Bonchev–Trinajstić information content (AvgIpc) is 1.60. The lowest BCUT2D eigenvalue weighted by Crippen LogP contribution is -2.27. The summed E-state index contributed by atoms with van der Waals surface area (Å²) in [4.78, 5) is 4.31. The minimum absolute atomic E-state index is 0.113. The third-order valence-electron chi connectivity index (χ3n) is 1.48. The van der Waals surface area contributed by atoms with Crippen LogP contribution >= 0.6 is 0 Å². The molecular formula is C7H13NO. The Labute approximate surface area is 55.9 Å². The van der Waals surface area contributed by atoms with Crippen LogP contribution in [0.2, 0.25) is 0 Å². The van der Waals surface area contributed by atoms with E-state index in [4.69, 9.17) is 4.74 Å². The molecule has 0 aromatic heterocycles. The molecule has 0 saturated heterocycles. The number of ether oxygens (including phenoxy) is 1. The van der Waals surface area contributed by atoms with Crippen molar-refractivity contribution in [2.75, 3.05) is 6.61 Å². The van der Waals surface area contributed by atoms with Gasteiger partial charge in [-0.05, 0) is 13.8 Å². The molecule has 1 rings (SSSR count). The number of rotatable bonds is 0. The molecule has 52 valence electrons. The largest absolute Gasteiger partial charge is 0.481 e. The first-order valence-corrected chi connectivity index (χ1v) is 3.29. The Morgan fingerprint density at radius 1 is 1.56 bits per heavy atom. The van der Waals surface area contributed by atoms with E-state index in [9.17, 15) is 0 Å². The van der Waals surface area contributed by atoms with Crippen LogP contribution in [0.15, 0.2) is 4.99 Å². The molecule has 0 aliphatic carbocycles. The van der Waals surface area contributed by atoms with Crippen LogP contribution < -0.4 is 0 Å². The van der Waals surface area contributed by atoms with E-state index < -0.39 is 0 Å². The van der Waals surface area contributed by atoms with E-state index in [1.807, 2.05) is 6.92 Å². The molecule has 0 radical (unpaired) electrons. The Bertz CT molecular complexity index is 138. The van der Waals surface area contributed by atoms with Crippen molar-refractivity contribution in [1.29, 1.82) is 0 Å². The van der Waals surface area contributed by atoms with Crippen LogP contribution in [-0.4, -0.2) is 18.0 Å². The lowest BCUT2D eigenvalue weighted by molar-refractivity contribution is 0.228. The summed E-state index contributed by atoms with van der Waals surface area (Å²) >= 11 is 0. The Kier molecular flexibility index (Phi) is 1.47. The molecule has 2 heteroatoms. The first kappa shape index (κ1) is 6.59. The van der Waals surface area contributed by atoms with Crippen molar-refractivity contribution in [3.05, 3.63) is 0 Å². The molecule has 0 aromatic carbocycles. The standard InChI is InChI=1S/C7H13NO/c1-6-8-7(2,3)4-5-9-6/h4-5H2,1-3H3. The zero-order valence-corrected chi connectivity index (χ0v) is 6.27. The summed E-state index contributed by atoms with van der Waals surface area (Å²) < 4.78 is 5.16. The van der Waals surface area contributed by atoms with Crippen molar-refractivity contribution in [3.8, 4) is 0 Å². The highest BCUT2D eigenvalue weighted by molar-refractivity contribution is 5.74. The van der Waals surface area contributed by atoms with Crippen molar-refractivity contribution in [2.24, 2.45) is 4.99 Å². The van der Waals surface area contributed by atoms with Crippen LogP contribution in [-0.2, 0) is 4.74 Å². The van der Waals surface area contributed by atoms with Crippen molar-refractivity contribution < 1.29 is 4.74 Å². The maximum atomic E-state index is 5.16. The number of hydrogen-bond donors (Lipinski definition) is 0. The summed E-state index contributed by atoms with van der Waals surface area (Å²) in [6.45, 7) is 6.97. The fraction of sp³-hybridized carbons (Fsp3) is 0.857. The summed E-state index contributed by atoms with van der Waals surface area (Å²) in [5, 5.41) is 0. The van der Waals surface area contributed by atoms with E-state index in [2.05, 4.69) is 18.8 Å². The molecule has 1 aliphatic rings. The lowest BCUT2D eigenvalue weighted by atomic mass is 10.0. The molecular weight excluding hydrogens is 114 g/mol. The van der Waals surface area contributed by atoms with Gasteiger partial charge in [0.2, 0.25) is 0 Å². The highest BCUT2D eigenvalue weighted by Gasteiger charge is 2.20. The maximum Gasteiger partial charge on any atom is 0.180 e. The molecule has 0 fully saturated rings. The molecule has 0 amide bonds. The highest BCUT2D eigenvalue weighted by Crippen LogP contribution is 2.18. The maximum absolute atomic E-state index is 5.16. The molecule has 0 spiro atoms. The van der Waals surface area contributed by atoms with Gasteiger partial charge in [0.1, 0.15) is 0 Å². The van der Waals surface area contributed by atoms with Gasteiger partial charge in [0.15, 0.2) is 5.90 Å². The van der Waals surface area contributed by atoms with Crippen LogP contribution in [0.4, 0.5) is 0 Å². The summed E-state index contributed by atoms with van der Waals surface area (Å²) in [5.41, 5.74) is 0.113. The zero-order valence-electron chi connectivity index (χ0n) is 6.27. The first-order chi connectivity index (χ1) is 4.10. The van der Waals surface area contributed by atoms with Gasteiger partial charge in [-0.15, -0.1) is 0 Å². The minimum Gasteiger partial charge on any atom is -0.481 e. The summed E-state index contributed by atoms with van der Waals surface area (Å²) in [6, 6.07) is 0. The second-order valence-electron chi connectivity index (χ2n) is 3.04. The molecule has 0 aromatic rings. The van der Waals surface area contributed by atoms with Gasteiger partial charge >= 0.3 is 0 Å². The Hall–Kier alpha value is -0.530. The fourth-order valence-corrected chi connectivity index (χ4v) is 0.963. The molecule has 2 nitrogen and oxygen atoms in total. The van der Waals surface area contributed by atoms with Gasteiger partial charge in [-0.1, -0.05) is 0 Å². The van der Waals surface area contributed by atoms with Crippen LogP contribution in [0.5, 0.6) is 0 Å². The first-order valence-electron chi connectivity index (χ1n) is 3.29. The summed E-state index contributed by atoms with van der Waals surface area (Å²) in [6.07, 6.45) is 1.03. The van der Waals surface area contributed by atoms with E-state index in [-0.39, 0.29) is 5.54 Å². The second kappa shape index (κ2) is 2.01. The molecule has 0 bridgehead atoms. The van der Waals surface area contributed by atoms with Crippen molar-refractivity contribution in [3.63, 3.8) is 0 Å². The van der Waals surface area contributed by atoms with E-state index in [0.29, 0.717) is 0 Å². The van der Waals surface area contributed by atoms with Crippen LogP contribution in [0.3, 0.4) is 0 Å². The van der Waals surface area contributed by atoms with Crippen LogP contribution in [0, 0.1) is 0 Å². The lowest BCUT2D eigenvalue weighted by Gasteiger charge is -2.25. The van der Waals surface area contributed by atoms with Gasteiger partial charge in [-0.25, -0.2) is 4.99 Å². The molecule has 0 N–H and O–H groups in total.